The topological polar surface area (TPSA) is 707 Å². The van der Waals surface area contributed by atoms with Gasteiger partial charge >= 0.3 is 86.5 Å². The lowest BCUT2D eigenvalue weighted by atomic mass is 10.1. The summed E-state index contributed by atoms with van der Waals surface area (Å²) in [6.45, 7) is 37.7. The molecule has 58 heteroatoms. The Bertz CT molecular complexity index is 4470. The first-order chi connectivity index (χ1) is 58.8. The second-order valence-corrected chi connectivity index (χ2v) is 51.9. The number of carbonyl (C=O) groups excluding carboxylic acids is 8. The van der Waals surface area contributed by atoms with Gasteiger partial charge in [-0.2, -0.15) is 46.5 Å². The zero-order chi connectivity index (χ0) is 98.4. The minimum atomic E-state index is -5.39. The molecule has 5 aliphatic rings. The van der Waals surface area contributed by atoms with Crippen molar-refractivity contribution in [3.05, 3.63) is 62.7 Å². The number of aromatic nitrogens is 11. The maximum Gasteiger partial charge on any atom is 0.522 e. The molecule has 0 spiro atoms. The minimum Gasteiger partial charge on any atom is -0.518 e. The number of esters is 8. The van der Waals surface area contributed by atoms with E-state index in [-0.39, 0.29) is 19.3 Å². The maximum absolute atomic E-state index is 12.6. The second kappa shape index (κ2) is 52.4. The van der Waals surface area contributed by atoms with Crippen LogP contribution in [0.1, 0.15) is 115 Å². The normalized spacial score (nSPS) is 25.5. The van der Waals surface area contributed by atoms with Crippen molar-refractivity contribution in [1.82, 2.24) is 54.0 Å². The van der Waals surface area contributed by atoms with Crippen molar-refractivity contribution in [1.29, 1.82) is 0 Å². The molecule has 734 valence electrons. The Kier molecular flexibility index (Phi) is 47.7. The number of hydrogen-bond donors (Lipinski definition) is 12. The van der Waals surface area contributed by atoms with E-state index in [9.17, 15) is 84.5 Å². The molecule has 5 fully saturated rings. The van der Waals surface area contributed by atoms with E-state index < -0.39 is 250 Å². The molecule has 0 radical (unpaired) electrons. The van der Waals surface area contributed by atoms with Crippen LogP contribution in [0.5, 0.6) is 6.01 Å². The predicted octanol–water partition coefficient (Wildman–Crippen LogP) is 0.409. The number of ether oxygens (including phenoxy) is 13. The van der Waals surface area contributed by atoms with Gasteiger partial charge in [0.1, 0.15) is 96.2 Å². The van der Waals surface area contributed by atoms with Crippen molar-refractivity contribution in [3.8, 4) is 6.01 Å². The Morgan fingerprint density at radius 1 is 0.488 bits per heavy atom. The monoisotopic (exact) mass is 1950 g/mol. The highest BCUT2D eigenvalue weighted by molar-refractivity contribution is 7.88. The van der Waals surface area contributed by atoms with E-state index in [1.165, 1.54) is 85.9 Å². The van der Waals surface area contributed by atoms with E-state index in [2.05, 4.69) is 122 Å². The first-order valence-electron chi connectivity index (χ1n) is 39.0. The molecule has 8 unspecified atom stereocenters. The molecule has 14 N–H and O–H groups in total. The van der Waals surface area contributed by atoms with Crippen LogP contribution < -0.4 is 42.9 Å². The fraction of sp³-hybridized carbons (Fsp3) is 0.704. The molecule has 0 saturated carbocycles. The highest BCUT2D eigenvalue weighted by atomic mass is 32.2. The SMILES string of the molecule is C.CC[C@H]1OC(OC(C)=O)C(OC(C)=O)[C@H]1OC(C)=O.CC[C@H]1OC(OC(C)=O)C(OC(C)=O)[C@H]1OC(C)=O.CC[C@H]1O[C@@H](n2ccc(N[Si](C)(C)C)nc2=O)C(OC(C)=O)[C@H]1OC(C)=O.C[Si](C)(C)Nc1ncnc(O[Si](C)(C)C)n1.C[Si](C)(C)OS(=O)(=O)C(F)(F)F.Nc1ncn([C@@H]2O[C@H](CO)[C@H](O)C2O)c(=O)n1.Nc1ncnc(=O)[nH]1.OC[C@H]1OC(O)C(O)[C@H]1O. The van der Waals surface area contributed by atoms with Crippen LogP contribution in [-0.4, -0.2) is 308 Å². The van der Waals surface area contributed by atoms with E-state index in [0.29, 0.717) is 37.0 Å². The summed E-state index contributed by atoms with van der Waals surface area (Å²) in [6.07, 6.45) is -12.5. The predicted molar refractivity (Wildman–Crippen MR) is 452 cm³/mol. The van der Waals surface area contributed by atoms with Crippen molar-refractivity contribution in [2.45, 2.75) is 310 Å². The molecule has 50 nitrogen and oxygen atoms in total. The van der Waals surface area contributed by atoms with Crippen molar-refractivity contribution >= 4 is 115 Å². The van der Waals surface area contributed by atoms with E-state index in [1.807, 2.05) is 20.8 Å². The van der Waals surface area contributed by atoms with Gasteiger partial charge < -0.3 is 127 Å². The van der Waals surface area contributed by atoms with Gasteiger partial charge in [-0.3, -0.25) is 52.5 Å². The summed E-state index contributed by atoms with van der Waals surface area (Å²) in [5.74, 6) is -3.40. The number of aromatic amines is 1. The van der Waals surface area contributed by atoms with Gasteiger partial charge in [0, 0.05) is 61.6 Å². The van der Waals surface area contributed by atoms with Crippen molar-refractivity contribution in [2.75, 3.05) is 34.6 Å². The number of anilines is 4. The summed E-state index contributed by atoms with van der Waals surface area (Å²) < 4.78 is 135. The third kappa shape index (κ3) is 41.6. The number of halogens is 3. The number of carbonyl (C=O) groups is 8. The van der Waals surface area contributed by atoms with Crippen LogP contribution in [-0.2, 0) is 114 Å². The highest BCUT2D eigenvalue weighted by Gasteiger charge is 2.54. The molecule has 9 rings (SSSR count). The van der Waals surface area contributed by atoms with Crippen LogP contribution in [0.15, 0.2) is 45.6 Å². The number of hydrogen-bond acceptors (Lipinski definition) is 47. The van der Waals surface area contributed by atoms with Crippen LogP contribution in [0.3, 0.4) is 0 Å². The molecule has 20 atom stereocenters. The number of nitrogens with two attached hydrogens (primary N) is 2. The lowest BCUT2D eigenvalue weighted by Crippen LogP contribution is -2.41. The number of H-pyrrole nitrogens is 1. The first-order valence-corrected chi connectivity index (χ1v) is 54.2. The van der Waals surface area contributed by atoms with Gasteiger partial charge in [0.25, 0.3) is 0 Å². The van der Waals surface area contributed by atoms with Gasteiger partial charge in [-0.05, 0) is 64.6 Å². The zero-order valence-corrected chi connectivity index (χ0v) is 79.5. The average molecular weight is 1950 g/mol. The summed E-state index contributed by atoms with van der Waals surface area (Å²) in [4.78, 5) is 163. The van der Waals surface area contributed by atoms with E-state index >= 15 is 0 Å². The largest absolute Gasteiger partial charge is 0.522 e. The van der Waals surface area contributed by atoms with Crippen molar-refractivity contribution in [3.63, 3.8) is 0 Å². The minimum absolute atomic E-state index is 0. The lowest BCUT2D eigenvalue weighted by Gasteiger charge is -2.24. The smallest absolute Gasteiger partial charge is 0.518 e. The first kappa shape index (κ1) is 117. The Morgan fingerprint density at radius 2 is 0.884 bits per heavy atom. The van der Waals surface area contributed by atoms with Gasteiger partial charge in [0.2, 0.25) is 59.3 Å². The Hall–Kier alpha value is -9.64. The summed E-state index contributed by atoms with van der Waals surface area (Å²) in [5, 5.41) is 63.0. The molecule has 5 saturated heterocycles. The van der Waals surface area contributed by atoms with E-state index in [4.69, 9.17) is 98.3 Å². The standard InChI is InChI=1S/C17H27N3O6Si.2C12H18O7.C9H20N4OSi2.C8H12N4O5.C5H10O5.C4H9F3O3SSi.C3H4N4O.CH4/c1-7-12-14(24-10(2)21)15(25-11(3)22)16(26-12)20-9-8-13(18-17(20)23)19-27(4,5)6;2*1-5-9-10(16-6(2)13)11(17-7(3)14)12(19-9)18-8(4)15;1-15(2,3)13-8-10-7-11-9(12-8)14-16(4,5)6;9-7-10-2-12(8(16)11-7)6-5(15)4(14)3(1-13)17-6;6-1-2-3(7)4(8)5(9)10-2;1-12(2,3)10-11(8,9)4(5,6)7;4-2-5-1-6-3(8)7-2;/h8-9,12,14-16H,7H2,1-6H3,(H,18,19,23);2*9-12H,5H2,1-4H3;7H,1-6H3,(H,10,11,12,13);2-6,13-15H,1H2,(H2,9,11,16);2-9H,1H2;1-3H3;1H,(H3,4,5,6,7,8);1H4/t12-,14+,15?,16-;2*9-,10+,11?,12?;;3-,4+,5?,6-;2-,3+,4?,5?;;;/m111.11.../s1. The quantitative estimate of drug-likeness (QED) is 0.0207. The Labute approximate surface area is 744 Å². The third-order valence-corrected chi connectivity index (χ3v) is 22.0. The number of nitrogens with one attached hydrogen (secondary N) is 3. The molecule has 9 heterocycles. The molecule has 4 aromatic heterocycles. The Balaban J connectivity index is 0.000000752. The molecular formula is C71H122F3N15O35SSi4. The number of nitrogens with zero attached hydrogens (tertiary/aromatic N) is 10. The summed E-state index contributed by atoms with van der Waals surface area (Å²) in [7, 11) is -12.8. The number of alkyl halides is 3. The second-order valence-electron chi connectivity index (χ2n) is 31.7. The molecular weight excluding hydrogens is 1820 g/mol. The fourth-order valence-corrected chi connectivity index (χ4v) is 16.4. The van der Waals surface area contributed by atoms with Gasteiger partial charge in [-0.25, -0.2) is 29.3 Å². The molecule has 5 aliphatic heterocycles. The summed E-state index contributed by atoms with van der Waals surface area (Å²) >= 11 is 0. The van der Waals surface area contributed by atoms with E-state index in [0.717, 1.165) is 17.2 Å². The summed E-state index contributed by atoms with van der Waals surface area (Å²) in [5.41, 5.74) is 3.18. The zero-order valence-electron chi connectivity index (χ0n) is 74.7. The molecule has 0 aliphatic carbocycles. The van der Waals surface area contributed by atoms with Crippen molar-refractivity contribution in [2.24, 2.45) is 0 Å². The highest BCUT2D eigenvalue weighted by Crippen LogP contribution is 2.37. The molecule has 0 amide bonds. The van der Waals surface area contributed by atoms with Crippen LogP contribution in [0.2, 0.25) is 78.6 Å². The number of aliphatic hydroxyl groups is 7. The van der Waals surface area contributed by atoms with Crippen molar-refractivity contribution < 1.29 is 166 Å². The van der Waals surface area contributed by atoms with Gasteiger partial charge in [-0.1, -0.05) is 67.5 Å². The number of rotatable bonds is 23. The number of nitrogen functional groups attached to an aromatic ring is 2. The molecule has 0 aromatic carbocycles. The van der Waals surface area contributed by atoms with Gasteiger partial charge in [0.15, 0.2) is 43.2 Å². The van der Waals surface area contributed by atoms with Crippen LogP contribution in [0, 0.1) is 0 Å². The molecule has 4 aromatic rings. The summed E-state index contributed by atoms with van der Waals surface area (Å²) in [6, 6.07) is 2.10. The van der Waals surface area contributed by atoms with Crippen LogP contribution in [0.25, 0.3) is 0 Å². The maximum atomic E-state index is 12.6. The molecule has 129 heavy (non-hydrogen) atoms. The van der Waals surface area contributed by atoms with Crippen LogP contribution in [0.4, 0.5) is 36.8 Å². The lowest BCUT2D eigenvalue weighted by molar-refractivity contribution is -0.195. The fourth-order valence-electron chi connectivity index (χ4n) is 11.0. The van der Waals surface area contributed by atoms with Gasteiger partial charge in [0.05, 0.1) is 13.2 Å². The molecule has 0 bridgehead atoms. The van der Waals surface area contributed by atoms with E-state index in [1.54, 1.807) is 12.3 Å². The number of aliphatic hydroxyl groups excluding tert-OH is 7. The Morgan fingerprint density at radius 3 is 1.22 bits per heavy atom. The third-order valence-electron chi connectivity index (χ3n) is 15.7. The van der Waals surface area contributed by atoms with Crippen LogP contribution >= 0.6 is 0 Å². The average Bonchev–Trinajstić information content (AvgIpc) is 1.60. The van der Waals surface area contributed by atoms with Gasteiger partial charge in [-0.15, -0.1) is 0 Å².